The first kappa shape index (κ1) is 12.8. The molecule has 1 heteroatoms. The average molecular weight is 239 g/mol. The molecule has 1 nitrogen and oxygen atoms in total. The monoisotopic (exact) mass is 239 g/mol. The highest BCUT2D eigenvalue weighted by atomic mass is 14.6. The molecule has 1 unspecified atom stereocenters. The van der Waals surface area contributed by atoms with Gasteiger partial charge in [0.2, 0.25) is 0 Å². The van der Waals surface area contributed by atoms with Crippen LogP contribution in [-0.4, -0.2) is 6.04 Å². The van der Waals surface area contributed by atoms with Gasteiger partial charge in [-0.25, -0.2) is 0 Å². The Kier molecular flexibility index (Phi) is 4.16. The van der Waals surface area contributed by atoms with Gasteiger partial charge in [0.05, 0.1) is 0 Å². The Morgan fingerprint density at radius 3 is 1.94 bits per heavy atom. The van der Waals surface area contributed by atoms with Gasteiger partial charge in [-0.05, 0) is 29.0 Å². The number of hydrogen-bond acceptors (Lipinski definition) is 1. The Morgan fingerprint density at radius 1 is 0.833 bits per heavy atom. The third kappa shape index (κ3) is 3.21. The topological polar surface area (TPSA) is 26.0 Å². The van der Waals surface area contributed by atoms with Gasteiger partial charge in [0.25, 0.3) is 0 Å². The molecular weight excluding hydrogens is 218 g/mol. The molecule has 94 valence electrons. The van der Waals surface area contributed by atoms with Crippen LogP contribution in [0.2, 0.25) is 0 Å². The molecule has 2 aromatic rings. The quantitative estimate of drug-likeness (QED) is 0.861. The lowest BCUT2D eigenvalue weighted by Gasteiger charge is -2.15. The van der Waals surface area contributed by atoms with Gasteiger partial charge in [0.15, 0.2) is 0 Å². The third-order valence-corrected chi connectivity index (χ3v) is 3.39. The first-order valence-electron chi connectivity index (χ1n) is 6.57. The third-order valence-electron chi connectivity index (χ3n) is 3.39. The largest absolute Gasteiger partial charge is 0.327 e. The van der Waals surface area contributed by atoms with Crippen LogP contribution in [0.5, 0.6) is 0 Å². The fourth-order valence-electron chi connectivity index (χ4n) is 1.97. The molecule has 0 saturated carbocycles. The van der Waals surface area contributed by atoms with Crippen molar-refractivity contribution >= 4 is 0 Å². The lowest BCUT2D eigenvalue weighted by atomic mass is 9.96. The van der Waals surface area contributed by atoms with Gasteiger partial charge < -0.3 is 5.73 Å². The summed E-state index contributed by atoms with van der Waals surface area (Å²) in [6.07, 6.45) is 0.951. The first-order chi connectivity index (χ1) is 8.66. The molecule has 0 aliphatic carbocycles. The van der Waals surface area contributed by atoms with Crippen LogP contribution in [0.3, 0.4) is 0 Å². The summed E-state index contributed by atoms with van der Waals surface area (Å²) < 4.78 is 0. The molecule has 0 aromatic heterocycles. The zero-order chi connectivity index (χ0) is 13.0. The van der Waals surface area contributed by atoms with E-state index in [4.69, 9.17) is 5.73 Å². The highest BCUT2D eigenvalue weighted by Crippen LogP contribution is 2.20. The minimum atomic E-state index is 0.243. The summed E-state index contributed by atoms with van der Waals surface area (Å²) in [7, 11) is 0. The van der Waals surface area contributed by atoms with E-state index in [9.17, 15) is 0 Å². The minimum Gasteiger partial charge on any atom is -0.327 e. The van der Waals surface area contributed by atoms with Crippen molar-refractivity contribution < 1.29 is 0 Å². The van der Waals surface area contributed by atoms with E-state index in [0.29, 0.717) is 5.92 Å². The maximum absolute atomic E-state index is 6.10. The van der Waals surface area contributed by atoms with Crippen LogP contribution in [-0.2, 0) is 6.42 Å². The molecule has 0 amide bonds. The Bertz CT molecular complexity index is 471. The van der Waals surface area contributed by atoms with Gasteiger partial charge in [-0.15, -0.1) is 0 Å². The van der Waals surface area contributed by atoms with Crippen LogP contribution < -0.4 is 5.73 Å². The number of benzene rings is 2. The zero-order valence-corrected chi connectivity index (χ0v) is 11.1. The Morgan fingerprint density at radius 2 is 1.39 bits per heavy atom. The first-order valence-corrected chi connectivity index (χ1v) is 6.57. The van der Waals surface area contributed by atoms with Gasteiger partial charge in [0.1, 0.15) is 0 Å². The normalized spacial score (nSPS) is 12.7. The van der Waals surface area contributed by atoms with E-state index in [0.717, 1.165) is 6.42 Å². The summed E-state index contributed by atoms with van der Waals surface area (Å²) in [5.41, 5.74) is 9.94. The zero-order valence-electron chi connectivity index (χ0n) is 11.1. The van der Waals surface area contributed by atoms with E-state index < -0.39 is 0 Å². The molecule has 0 bridgehead atoms. The molecule has 0 heterocycles. The second-order valence-electron chi connectivity index (χ2n) is 5.17. The van der Waals surface area contributed by atoms with Crippen molar-refractivity contribution in [2.45, 2.75) is 26.3 Å². The number of nitrogens with two attached hydrogens (primary N) is 1. The summed E-state index contributed by atoms with van der Waals surface area (Å²) >= 11 is 0. The molecular formula is C17H21N. The van der Waals surface area contributed by atoms with E-state index in [-0.39, 0.29) is 6.04 Å². The van der Waals surface area contributed by atoms with Crippen LogP contribution >= 0.6 is 0 Å². The Labute approximate surface area is 110 Å². The lowest BCUT2D eigenvalue weighted by molar-refractivity contribution is 0.490. The van der Waals surface area contributed by atoms with Gasteiger partial charge >= 0.3 is 0 Å². The molecule has 0 aliphatic rings. The average Bonchev–Trinajstić information content (AvgIpc) is 2.40. The smallest absolute Gasteiger partial charge is 0.0102 e. The lowest BCUT2D eigenvalue weighted by Crippen LogP contribution is -2.28. The molecule has 0 aliphatic heterocycles. The summed E-state index contributed by atoms with van der Waals surface area (Å²) in [6, 6.07) is 19.4. The summed E-state index contributed by atoms with van der Waals surface area (Å²) in [6.45, 7) is 4.34. The summed E-state index contributed by atoms with van der Waals surface area (Å²) in [4.78, 5) is 0. The van der Waals surface area contributed by atoms with Crippen molar-refractivity contribution in [3.8, 4) is 11.1 Å². The summed E-state index contributed by atoms with van der Waals surface area (Å²) in [5, 5.41) is 0. The van der Waals surface area contributed by atoms with Gasteiger partial charge in [-0.2, -0.15) is 0 Å². The van der Waals surface area contributed by atoms with Crippen molar-refractivity contribution in [1.29, 1.82) is 0 Å². The molecule has 2 aromatic carbocycles. The molecule has 0 spiro atoms. The van der Waals surface area contributed by atoms with E-state index in [1.165, 1.54) is 16.7 Å². The minimum absolute atomic E-state index is 0.243. The highest BCUT2D eigenvalue weighted by molar-refractivity contribution is 5.63. The van der Waals surface area contributed by atoms with Gasteiger partial charge in [-0.1, -0.05) is 68.4 Å². The van der Waals surface area contributed by atoms with Crippen molar-refractivity contribution in [2.24, 2.45) is 11.7 Å². The second-order valence-corrected chi connectivity index (χ2v) is 5.17. The van der Waals surface area contributed by atoms with Crippen molar-refractivity contribution in [2.75, 3.05) is 0 Å². The highest BCUT2D eigenvalue weighted by Gasteiger charge is 2.08. The van der Waals surface area contributed by atoms with Crippen LogP contribution in [0.25, 0.3) is 11.1 Å². The molecule has 0 radical (unpaired) electrons. The molecule has 1 atom stereocenters. The van der Waals surface area contributed by atoms with E-state index >= 15 is 0 Å². The molecule has 2 rings (SSSR count). The van der Waals surface area contributed by atoms with Crippen LogP contribution in [0, 0.1) is 5.92 Å². The van der Waals surface area contributed by atoms with Crippen LogP contribution in [0.15, 0.2) is 54.6 Å². The van der Waals surface area contributed by atoms with E-state index in [2.05, 4.69) is 62.4 Å². The van der Waals surface area contributed by atoms with Crippen molar-refractivity contribution in [3.05, 3.63) is 60.2 Å². The molecule has 0 saturated heterocycles. The van der Waals surface area contributed by atoms with Crippen molar-refractivity contribution in [1.82, 2.24) is 0 Å². The Hall–Kier alpha value is -1.60. The van der Waals surface area contributed by atoms with Crippen LogP contribution in [0.1, 0.15) is 19.4 Å². The van der Waals surface area contributed by atoms with Crippen LogP contribution in [0.4, 0.5) is 0 Å². The SMILES string of the molecule is CC(C)C(N)Cc1ccc(-c2ccccc2)cc1. The Balaban J connectivity index is 2.11. The summed E-state index contributed by atoms with van der Waals surface area (Å²) in [5.74, 6) is 0.527. The van der Waals surface area contributed by atoms with E-state index in [1.54, 1.807) is 0 Å². The molecule has 2 N–H and O–H groups in total. The fourth-order valence-corrected chi connectivity index (χ4v) is 1.97. The fraction of sp³-hybridized carbons (Fsp3) is 0.294. The maximum atomic E-state index is 6.10. The second kappa shape index (κ2) is 5.83. The molecule has 18 heavy (non-hydrogen) atoms. The number of hydrogen-bond donors (Lipinski definition) is 1. The maximum Gasteiger partial charge on any atom is 0.0102 e. The molecule has 0 fully saturated rings. The number of rotatable bonds is 4. The van der Waals surface area contributed by atoms with Crippen molar-refractivity contribution in [3.63, 3.8) is 0 Å². The predicted molar refractivity (Wildman–Crippen MR) is 78.4 cm³/mol. The van der Waals surface area contributed by atoms with Gasteiger partial charge in [0, 0.05) is 6.04 Å². The van der Waals surface area contributed by atoms with Gasteiger partial charge in [-0.3, -0.25) is 0 Å². The standard InChI is InChI=1S/C17H21N/c1-13(2)17(18)12-14-8-10-16(11-9-14)15-6-4-3-5-7-15/h3-11,13,17H,12,18H2,1-2H3. The van der Waals surface area contributed by atoms with E-state index in [1.807, 2.05) is 6.07 Å². The predicted octanol–water partition coefficient (Wildman–Crippen LogP) is 3.88.